The van der Waals surface area contributed by atoms with E-state index in [0.29, 0.717) is 23.0 Å². The minimum absolute atomic E-state index is 0.254. The summed E-state index contributed by atoms with van der Waals surface area (Å²) in [6.07, 6.45) is 8.04. The van der Waals surface area contributed by atoms with Gasteiger partial charge in [-0.05, 0) is 12.1 Å². The summed E-state index contributed by atoms with van der Waals surface area (Å²) in [4.78, 5) is 16.3. The molecule has 4 heterocycles. The van der Waals surface area contributed by atoms with Crippen LogP contribution in [0.25, 0.3) is 34.4 Å². The summed E-state index contributed by atoms with van der Waals surface area (Å²) in [5, 5.41) is 7.81. The highest BCUT2D eigenvalue weighted by atomic mass is 16.5. The lowest BCUT2D eigenvalue weighted by Crippen LogP contribution is -1.86. The molecule has 0 aliphatic rings. The smallest absolute Gasteiger partial charge is 0.280 e. The lowest BCUT2D eigenvalue weighted by Gasteiger charge is -1.90. The molecule has 106 valence electrons. The van der Waals surface area contributed by atoms with Crippen molar-refractivity contribution < 1.29 is 9.05 Å². The van der Waals surface area contributed by atoms with Crippen molar-refractivity contribution in [1.29, 1.82) is 0 Å². The van der Waals surface area contributed by atoms with Crippen LogP contribution in [0.2, 0.25) is 0 Å². The van der Waals surface area contributed by atoms with Gasteiger partial charge in [-0.2, -0.15) is 4.98 Å². The summed E-state index contributed by atoms with van der Waals surface area (Å²) < 4.78 is 10.5. The number of aromatic nitrogens is 6. The number of rotatable bonds is 3. The van der Waals surface area contributed by atoms with Crippen molar-refractivity contribution in [3.8, 4) is 34.4 Å². The molecule has 0 spiro atoms. The third-order valence-electron chi connectivity index (χ3n) is 2.91. The second-order valence-electron chi connectivity index (χ2n) is 4.33. The fourth-order valence-electron chi connectivity index (χ4n) is 1.87. The predicted molar refractivity (Wildman–Crippen MR) is 74.1 cm³/mol. The molecule has 0 amide bonds. The Kier molecular flexibility index (Phi) is 2.90. The van der Waals surface area contributed by atoms with Crippen LogP contribution in [0, 0.1) is 0 Å². The van der Waals surface area contributed by atoms with Gasteiger partial charge < -0.3 is 9.05 Å². The predicted octanol–water partition coefficient (Wildman–Crippen LogP) is 2.24. The third-order valence-corrected chi connectivity index (χ3v) is 2.91. The second-order valence-corrected chi connectivity index (χ2v) is 4.33. The van der Waals surface area contributed by atoms with Crippen LogP contribution in [0.4, 0.5) is 0 Å². The average molecular weight is 292 g/mol. The maximum atomic E-state index is 5.29. The van der Waals surface area contributed by atoms with Crippen LogP contribution in [-0.4, -0.2) is 30.2 Å². The van der Waals surface area contributed by atoms with Crippen molar-refractivity contribution in [3.05, 3.63) is 49.2 Å². The minimum atomic E-state index is 0.254. The van der Waals surface area contributed by atoms with E-state index < -0.39 is 0 Å². The van der Waals surface area contributed by atoms with E-state index in [9.17, 15) is 0 Å². The normalized spacial score (nSPS) is 10.7. The Morgan fingerprint density at radius 2 is 1.73 bits per heavy atom. The molecular weight excluding hydrogens is 284 g/mol. The quantitative estimate of drug-likeness (QED) is 0.566. The zero-order chi connectivity index (χ0) is 14.8. The van der Waals surface area contributed by atoms with E-state index in [0.717, 1.165) is 5.56 Å². The SMILES string of the molecule is c1cc(-c2cc(-c3nc(-c4cnccn4)no3)no2)ccn1. The Morgan fingerprint density at radius 3 is 2.55 bits per heavy atom. The molecule has 0 fully saturated rings. The molecule has 0 unspecified atom stereocenters. The fourth-order valence-corrected chi connectivity index (χ4v) is 1.87. The zero-order valence-electron chi connectivity index (χ0n) is 11.1. The maximum Gasteiger partial charge on any atom is 0.280 e. The van der Waals surface area contributed by atoms with Crippen molar-refractivity contribution in [1.82, 2.24) is 30.2 Å². The van der Waals surface area contributed by atoms with E-state index in [1.165, 1.54) is 0 Å². The molecule has 4 rings (SSSR count). The van der Waals surface area contributed by atoms with Gasteiger partial charge in [-0.3, -0.25) is 9.97 Å². The molecule has 4 aromatic rings. The summed E-state index contributed by atoms with van der Waals surface area (Å²) in [6.45, 7) is 0. The lowest BCUT2D eigenvalue weighted by atomic mass is 10.2. The van der Waals surface area contributed by atoms with Crippen LogP contribution in [0.5, 0.6) is 0 Å². The van der Waals surface area contributed by atoms with Crippen molar-refractivity contribution in [2.75, 3.05) is 0 Å². The molecule has 0 saturated heterocycles. The van der Waals surface area contributed by atoms with Crippen LogP contribution < -0.4 is 0 Å². The Bertz CT molecular complexity index is 812. The fraction of sp³-hybridized carbons (Fsp3) is 0. The van der Waals surface area contributed by atoms with Gasteiger partial charge in [0.15, 0.2) is 11.5 Å². The van der Waals surface area contributed by atoms with Crippen LogP contribution in [0.3, 0.4) is 0 Å². The van der Waals surface area contributed by atoms with Crippen molar-refractivity contribution in [2.24, 2.45) is 0 Å². The Balaban J connectivity index is 1.66. The first-order valence-corrected chi connectivity index (χ1v) is 6.38. The van der Waals surface area contributed by atoms with E-state index in [1.54, 1.807) is 37.1 Å². The summed E-state index contributed by atoms with van der Waals surface area (Å²) in [5.74, 6) is 1.19. The summed E-state index contributed by atoms with van der Waals surface area (Å²) >= 11 is 0. The zero-order valence-corrected chi connectivity index (χ0v) is 11.1. The molecule has 0 aromatic carbocycles. The second kappa shape index (κ2) is 5.17. The first-order chi connectivity index (χ1) is 10.9. The van der Waals surface area contributed by atoms with Crippen molar-refractivity contribution in [2.45, 2.75) is 0 Å². The van der Waals surface area contributed by atoms with Crippen molar-refractivity contribution >= 4 is 0 Å². The minimum Gasteiger partial charge on any atom is -0.355 e. The number of pyridine rings is 1. The van der Waals surface area contributed by atoms with E-state index in [4.69, 9.17) is 9.05 Å². The maximum absolute atomic E-state index is 5.29. The van der Waals surface area contributed by atoms with Gasteiger partial charge in [0.1, 0.15) is 5.69 Å². The Labute approximate surface area is 123 Å². The first-order valence-electron chi connectivity index (χ1n) is 6.38. The summed E-state index contributed by atoms with van der Waals surface area (Å²) in [7, 11) is 0. The van der Waals surface area contributed by atoms with Crippen LogP contribution in [-0.2, 0) is 0 Å². The highest BCUT2D eigenvalue weighted by molar-refractivity contribution is 5.62. The monoisotopic (exact) mass is 292 g/mol. The van der Waals surface area contributed by atoms with E-state index in [-0.39, 0.29) is 5.89 Å². The van der Waals surface area contributed by atoms with E-state index in [2.05, 4.69) is 30.2 Å². The van der Waals surface area contributed by atoms with E-state index in [1.807, 2.05) is 12.1 Å². The highest BCUT2D eigenvalue weighted by Gasteiger charge is 2.16. The Morgan fingerprint density at radius 1 is 0.818 bits per heavy atom. The largest absolute Gasteiger partial charge is 0.355 e. The molecule has 0 bridgehead atoms. The molecule has 0 aliphatic heterocycles. The van der Waals surface area contributed by atoms with Crippen LogP contribution >= 0.6 is 0 Å². The van der Waals surface area contributed by atoms with Gasteiger partial charge in [-0.25, -0.2) is 4.98 Å². The average Bonchev–Trinajstić information content (AvgIpc) is 3.26. The van der Waals surface area contributed by atoms with E-state index >= 15 is 0 Å². The highest BCUT2D eigenvalue weighted by Crippen LogP contribution is 2.25. The molecule has 0 atom stereocenters. The molecule has 22 heavy (non-hydrogen) atoms. The summed E-state index contributed by atoms with van der Waals surface area (Å²) in [6, 6.07) is 5.37. The Hall–Kier alpha value is -3.42. The number of hydrogen-bond acceptors (Lipinski definition) is 8. The van der Waals surface area contributed by atoms with Crippen molar-refractivity contribution in [3.63, 3.8) is 0 Å². The number of hydrogen-bond donors (Lipinski definition) is 0. The van der Waals surface area contributed by atoms with Gasteiger partial charge in [0.05, 0.1) is 6.20 Å². The molecule has 8 nitrogen and oxygen atoms in total. The molecule has 4 aromatic heterocycles. The van der Waals surface area contributed by atoms with Crippen LogP contribution in [0.15, 0.2) is 58.2 Å². The van der Waals surface area contributed by atoms with Gasteiger partial charge in [-0.15, -0.1) is 0 Å². The van der Waals surface area contributed by atoms with Gasteiger partial charge in [-0.1, -0.05) is 10.3 Å². The molecule has 8 heteroatoms. The summed E-state index contributed by atoms with van der Waals surface area (Å²) in [5.41, 5.74) is 1.84. The van der Waals surface area contributed by atoms with Crippen LogP contribution in [0.1, 0.15) is 0 Å². The molecule has 0 N–H and O–H groups in total. The van der Waals surface area contributed by atoms with Gasteiger partial charge in [0.25, 0.3) is 5.89 Å². The third kappa shape index (κ3) is 2.22. The van der Waals surface area contributed by atoms with Gasteiger partial charge in [0, 0.05) is 36.4 Å². The lowest BCUT2D eigenvalue weighted by molar-refractivity contribution is 0.411. The van der Waals surface area contributed by atoms with Gasteiger partial charge in [0.2, 0.25) is 5.82 Å². The number of nitrogens with zero attached hydrogens (tertiary/aromatic N) is 6. The molecule has 0 radical (unpaired) electrons. The van der Waals surface area contributed by atoms with Gasteiger partial charge >= 0.3 is 0 Å². The topological polar surface area (TPSA) is 104 Å². The first kappa shape index (κ1) is 12.3. The molecule has 0 aliphatic carbocycles. The molecular formula is C14H8N6O2. The molecule has 0 saturated carbocycles. The standard InChI is InChI=1S/C14H8N6O2/c1-3-15-4-2-9(1)12-7-10(19-21-12)14-18-13(20-22-14)11-8-16-5-6-17-11/h1-8H.